The van der Waals surface area contributed by atoms with Gasteiger partial charge in [0.25, 0.3) is 0 Å². The van der Waals surface area contributed by atoms with Gasteiger partial charge in [-0.2, -0.15) is 0 Å². The van der Waals surface area contributed by atoms with Crippen LogP contribution in [0.3, 0.4) is 0 Å². The Kier molecular flexibility index (Phi) is 5.05. The molecule has 1 aliphatic rings. The van der Waals surface area contributed by atoms with Gasteiger partial charge in [0.05, 0.1) is 12.2 Å². The van der Waals surface area contributed by atoms with E-state index in [1.807, 2.05) is 24.3 Å². The molecule has 3 heterocycles. The summed E-state index contributed by atoms with van der Waals surface area (Å²) in [6.45, 7) is 4.94. The number of hydrogen-bond acceptors (Lipinski definition) is 5. The molecular weight excluding hydrogens is 336 g/mol. The Balaban J connectivity index is 1.48. The van der Waals surface area contributed by atoms with Crippen molar-refractivity contribution in [2.45, 2.75) is 25.4 Å². The number of nitrogens with zero attached hydrogens (tertiary/aromatic N) is 4. The molecule has 1 aliphatic heterocycles. The Labute approximate surface area is 160 Å². The second-order valence-corrected chi connectivity index (χ2v) is 7.64. The molecule has 1 aromatic carbocycles. The molecule has 5 heteroatoms. The number of pyridine rings is 1. The molecule has 1 fully saturated rings. The molecule has 5 nitrogen and oxygen atoms in total. The van der Waals surface area contributed by atoms with E-state index < -0.39 is 0 Å². The van der Waals surface area contributed by atoms with Crippen LogP contribution in [0.15, 0.2) is 59.3 Å². The second kappa shape index (κ2) is 7.62. The van der Waals surface area contributed by atoms with E-state index in [9.17, 15) is 0 Å². The van der Waals surface area contributed by atoms with Crippen LogP contribution in [0.25, 0.3) is 11.4 Å². The first-order valence-electron chi connectivity index (χ1n) is 9.42. The fourth-order valence-electron chi connectivity index (χ4n) is 3.90. The van der Waals surface area contributed by atoms with E-state index >= 15 is 0 Å². The standard InChI is InChI=1S/C22H26N4O/c1-16-7-9-17(10-8-16)19-14-26(15-22(19)25(2)3)13-18-12-21(24-27-18)20-6-4-5-11-23-20/h4-12,19,22H,13-15H2,1-3H3/t19-,22+/m0/s1. The minimum Gasteiger partial charge on any atom is -0.359 e. The van der Waals surface area contributed by atoms with Crippen LogP contribution in [0.4, 0.5) is 0 Å². The van der Waals surface area contributed by atoms with Crippen LogP contribution >= 0.6 is 0 Å². The van der Waals surface area contributed by atoms with E-state index in [1.54, 1.807) is 6.20 Å². The Morgan fingerprint density at radius 1 is 1.07 bits per heavy atom. The van der Waals surface area contributed by atoms with Crippen LogP contribution in [0.2, 0.25) is 0 Å². The topological polar surface area (TPSA) is 45.4 Å². The lowest BCUT2D eigenvalue weighted by Crippen LogP contribution is -2.34. The van der Waals surface area contributed by atoms with Crippen molar-refractivity contribution in [1.29, 1.82) is 0 Å². The van der Waals surface area contributed by atoms with E-state index in [-0.39, 0.29) is 0 Å². The van der Waals surface area contributed by atoms with Gasteiger partial charge in [-0.05, 0) is 38.7 Å². The van der Waals surface area contributed by atoms with Crippen LogP contribution in [0.1, 0.15) is 22.8 Å². The summed E-state index contributed by atoms with van der Waals surface area (Å²) in [5.74, 6) is 1.39. The van der Waals surface area contributed by atoms with Crippen molar-refractivity contribution in [3.63, 3.8) is 0 Å². The predicted molar refractivity (Wildman–Crippen MR) is 106 cm³/mol. The molecule has 0 saturated carbocycles. The van der Waals surface area contributed by atoms with Gasteiger partial charge in [-0.15, -0.1) is 0 Å². The maximum atomic E-state index is 5.59. The average molecular weight is 362 g/mol. The van der Waals surface area contributed by atoms with Crippen molar-refractivity contribution in [2.75, 3.05) is 27.2 Å². The van der Waals surface area contributed by atoms with Crippen molar-refractivity contribution >= 4 is 0 Å². The fourth-order valence-corrected chi connectivity index (χ4v) is 3.90. The molecule has 4 rings (SSSR count). The summed E-state index contributed by atoms with van der Waals surface area (Å²) in [6.07, 6.45) is 1.78. The maximum Gasteiger partial charge on any atom is 0.151 e. The molecule has 1 saturated heterocycles. The van der Waals surface area contributed by atoms with Crippen LogP contribution in [-0.2, 0) is 6.54 Å². The first-order valence-corrected chi connectivity index (χ1v) is 9.42. The fraction of sp³-hybridized carbons (Fsp3) is 0.364. The number of benzene rings is 1. The highest BCUT2D eigenvalue weighted by molar-refractivity contribution is 5.53. The highest BCUT2D eigenvalue weighted by atomic mass is 16.5. The number of likely N-dealkylation sites (N-methyl/N-ethyl adjacent to an activating group) is 1. The number of hydrogen-bond donors (Lipinski definition) is 0. The Bertz CT molecular complexity index is 873. The second-order valence-electron chi connectivity index (χ2n) is 7.64. The highest BCUT2D eigenvalue weighted by Crippen LogP contribution is 2.31. The lowest BCUT2D eigenvalue weighted by atomic mass is 9.93. The van der Waals surface area contributed by atoms with Gasteiger partial charge < -0.3 is 9.42 Å². The smallest absolute Gasteiger partial charge is 0.151 e. The molecule has 27 heavy (non-hydrogen) atoms. The van der Waals surface area contributed by atoms with Gasteiger partial charge in [0.2, 0.25) is 0 Å². The number of likely N-dealkylation sites (tertiary alicyclic amines) is 1. The zero-order valence-corrected chi connectivity index (χ0v) is 16.2. The molecule has 140 valence electrons. The summed E-state index contributed by atoms with van der Waals surface area (Å²) in [6, 6.07) is 17.3. The van der Waals surface area contributed by atoms with E-state index in [0.717, 1.165) is 36.8 Å². The van der Waals surface area contributed by atoms with Gasteiger partial charge in [0.15, 0.2) is 5.76 Å². The van der Waals surface area contributed by atoms with E-state index in [0.29, 0.717) is 12.0 Å². The zero-order chi connectivity index (χ0) is 18.8. The predicted octanol–water partition coefficient (Wildman–Crippen LogP) is 3.57. The molecule has 0 spiro atoms. The summed E-state index contributed by atoms with van der Waals surface area (Å²) < 4.78 is 5.59. The molecule has 0 bridgehead atoms. The minimum atomic E-state index is 0.492. The summed E-state index contributed by atoms with van der Waals surface area (Å²) in [5, 5.41) is 4.19. The van der Waals surface area contributed by atoms with Crippen molar-refractivity contribution in [1.82, 2.24) is 19.9 Å². The summed E-state index contributed by atoms with van der Waals surface area (Å²) in [4.78, 5) is 9.14. The number of aryl methyl sites for hydroxylation is 1. The lowest BCUT2D eigenvalue weighted by Gasteiger charge is -2.25. The molecule has 2 aromatic heterocycles. The Hall–Kier alpha value is -2.50. The Morgan fingerprint density at radius 3 is 2.59 bits per heavy atom. The van der Waals surface area contributed by atoms with Gasteiger partial charge in [0.1, 0.15) is 5.69 Å². The van der Waals surface area contributed by atoms with Gasteiger partial charge in [-0.1, -0.05) is 41.1 Å². The van der Waals surface area contributed by atoms with Crippen molar-refractivity contribution in [3.05, 3.63) is 71.6 Å². The molecule has 0 radical (unpaired) electrons. The minimum absolute atomic E-state index is 0.492. The Morgan fingerprint density at radius 2 is 1.89 bits per heavy atom. The molecule has 0 aliphatic carbocycles. The molecule has 2 atom stereocenters. The normalized spacial score (nSPS) is 20.4. The molecule has 0 amide bonds. The molecule has 3 aromatic rings. The van der Waals surface area contributed by atoms with Crippen LogP contribution in [0.5, 0.6) is 0 Å². The molecular formula is C22H26N4O. The third kappa shape index (κ3) is 3.94. The maximum absolute atomic E-state index is 5.59. The summed E-state index contributed by atoms with van der Waals surface area (Å²) in [7, 11) is 4.34. The van der Waals surface area contributed by atoms with Gasteiger partial charge in [0, 0.05) is 37.3 Å². The van der Waals surface area contributed by atoms with E-state index in [2.05, 4.69) is 65.2 Å². The SMILES string of the molecule is Cc1ccc([C@@H]2CN(Cc3cc(-c4ccccn4)no3)C[C@H]2N(C)C)cc1. The van der Waals surface area contributed by atoms with Gasteiger partial charge in [-0.25, -0.2) is 0 Å². The third-order valence-electron chi connectivity index (χ3n) is 5.40. The van der Waals surface area contributed by atoms with E-state index in [1.165, 1.54) is 11.1 Å². The third-order valence-corrected chi connectivity index (χ3v) is 5.40. The summed E-state index contributed by atoms with van der Waals surface area (Å²) >= 11 is 0. The number of aromatic nitrogens is 2. The lowest BCUT2D eigenvalue weighted by molar-refractivity contribution is 0.241. The largest absolute Gasteiger partial charge is 0.359 e. The van der Waals surface area contributed by atoms with Crippen molar-refractivity contribution in [3.8, 4) is 11.4 Å². The first-order chi connectivity index (χ1) is 13.1. The monoisotopic (exact) mass is 362 g/mol. The molecule has 0 N–H and O–H groups in total. The van der Waals surface area contributed by atoms with Crippen LogP contribution < -0.4 is 0 Å². The van der Waals surface area contributed by atoms with Crippen LogP contribution in [-0.4, -0.2) is 53.2 Å². The van der Waals surface area contributed by atoms with E-state index in [4.69, 9.17) is 4.52 Å². The first kappa shape index (κ1) is 17.9. The summed E-state index contributed by atoms with van der Waals surface area (Å²) in [5.41, 5.74) is 4.36. The quantitative estimate of drug-likeness (QED) is 0.694. The zero-order valence-electron chi connectivity index (χ0n) is 16.2. The molecule has 0 unspecified atom stereocenters. The highest BCUT2D eigenvalue weighted by Gasteiger charge is 2.35. The number of rotatable bonds is 5. The van der Waals surface area contributed by atoms with Crippen LogP contribution in [0, 0.1) is 6.92 Å². The average Bonchev–Trinajstić information content (AvgIpc) is 3.31. The van der Waals surface area contributed by atoms with Crippen molar-refractivity contribution < 1.29 is 4.52 Å². The van der Waals surface area contributed by atoms with Gasteiger partial charge >= 0.3 is 0 Å². The van der Waals surface area contributed by atoms with Crippen molar-refractivity contribution in [2.24, 2.45) is 0 Å². The van der Waals surface area contributed by atoms with Gasteiger partial charge in [-0.3, -0.25) is 9.88 Å².